The Morgan fingerprint density at radius 1 is 0.489 bits per heavy atom. The molecule has 6 aliphatic heterocycles. The number of rotatable bonds is 27. The van der Waals surface area contributed by atoms with E-state index >= 15 is 4.39 Å². The van der Waals surface area contributed by atoms with E-state index in [4.69, 9.17) is 115 Å². The topological polar surface area (TPSA) is 349 Å². The number of imidazole rings is 1. The molecule has 7 heterocycles. The van der Waals surface area contributed by atoms with Gasteiger partial charge >= 0.3 is 31.5 Å². The Morgan fingerprint density at radius 3 is 1.33 bits per heavy atom. The van der Waals surface area contributed by atoms with Crippen molar-refractivity contribution in [2.24, 2.45) is 53.4 Å². The van der Waals surface area contributed by atoms with E-state index in [9.17, 15) is 51.6 Å². The fourth-order valence-electron chi connectivity index (χ4n) is 16.8. The molecule has 4 aliphatic carbocycles. The zero-order valence-corrected chi connectivity index (χ0v) is 82.4. The first-order chi connectivity index (χ1) is 68.2. The first kappa shape index (κ1) is 106. The summed E-state index contributed by atoms with van der Waals surface area (Å²) in [6.07, 6.45) is 14.1. The predicted molar refractivity (Wildman–Crippen MR) is 533 cm³/mol. The van der Waals surface area contributed by atoms with Gasteiger partial charge in [0.05, 0.1) is 113 Å². The van der Waals surface area contributed by atoms with E-state index in [-0.39, 0.29) is 92.2 Å². The number of ketones is 1. The van der Waals surface area contributed by atoms with Crippen LogP contribution in [0.2, 0.25) is 20.1 Å². The quantitative estimate of drug-likeness (QED) is 0.0141. The lowest BCUT2D eigenvalue weighted by molar-refractivity contribution is -0.141. The van der Waals surface area contributed by atoms with Gasteiger partial charge in [-0.2, -0.15) is 0 Å². The van der Waals surface area contributed by atoms with Crippen LogP contribution >= 0.6 is 54.1 Å². The number of methoxy groups -OCH3 is 4. The van der Waals surface area contributed by atoms with Crippen LogP contribution in [0.4, 0.5) is 28.9 Å². The molecule has 0 amide bonds. The van der Waals surface area contributed by atoms with Crippen LogP contribution in [0, 0.1) is 41.0 Å². The summed E-state index contributed by atoms with van der Waals surface area (Å²) in [5.41, 5.74) is 15.2. The van der Waals surface area contributed by atoms with Crippen LogP contribution in [0.3, 0.4) is 0 Å². The predicted octanol–water partition coefficient (Wildman–Crippen LogP) is 19.2. The Balaban J connectivity index is 0.000000144. The second-order valence-electron chi connectivity index (χ2n) is 35.3. The number of aliphatic hydroxyl groups excluding tert-OH is 2. The average molecular weight is 2030 g/mol. The van der Waals surface area contributed by atoms with E-state index in [1.807, 2.05) is 24.4 Å². The molecule has 19 rings (SSSR count). The fourth-order valence-corrected chi connectivity index (χ4v) is 19.8. The van der Waals surface area contributed by atoms with Crippen LogP contribution in [0.25, 0.3) is 5.69 Å². The molecule has 0 bridgehead atoms. The number of halogens is 8. The first-order valence-electron chi connectivity index (χ1n) is 47.2. The third-order valence-electron chi connectivity index (χ3n) is 25.3. The van der Waals surface area contributed by atoms with Crippen molar-refractivity contribution in [3.05, 3.63) is 281 Å². The van der Waals surface area contributed by atoms with Crippen molar-refractivity contribution in [3.8, 4) is 5.69 Å². The summed E-state index contributed by atoms with van der Waals surface area (Å²) in [5.74, 6) is -0.667. The molecule has 27 nitrogen and oxygen atoms in total. The molecule has 9 aromatic rings. The van der Waals surface area contributed by atoms with Gasteiger partial charge in [-0.05, 0) is 223 Å². The van der Waals surface area contributed by atoms with Crippen LogP contribution in [-0.2, 0) is 72.7 Å². The van der Waals surface area contributed by atoms with E-state index in [1.54, 1.807) is 137 Å². The Bertz CT molecular complexity index is 6230. The van der Waals surface area contributed by atoms with Crippen molar-refractivity contribution in [2.45, 2.75) is 164 Å². The van der Waals surface area contributed by atoms with Crippen LogP contribution in [0.5, 0.6) is 0 Å². The second-order valence-corrected chi connectivity index (χ2v) is 39.3. The van der Waals surface area contributed by atoms with E-state index in [0.717, 1.165) is 78.9 Å². The molecule has 2 unspecified atom stereocenters. The number of benzene rings is 8. The van der Waals surface area contributed by atoms with Gasteiger partial charge < -0.3 is 53.7 Å². The van der Waals surface area contributed by atoms with Gasteiger partial charge in [0.2, 0.25) is 5.90 Å². The van der Waals surface area contributed by atoms with Crippen molar-refractivity contribution >= 4 is 136 Å². The Kier molecular flexibility index (Phi) is 37.6. The van der Waals surface area contributed by atoms with Gasteiger partial charge in [-0.15, -0.1) is 0 Å². The largest absolute Gasteiger partial charge is 0.469 e. The molecule has 2 saturated heterocycles. The Hall–Kier alpha value is -11.2. The maximum Gasteiger partial charge on any atom is 0.397 e. The summed E-state index contributed by atoms with van der Waals surface area (Å²) < 4.78 is 116. The number of aromatic nitrogens is 2. The number of ether oxygens (including phenoxy) is 6. The molecular formula is C105H112Cl4F4N11O16P. The molecule has 6 fully saturated rings. The summed E-state index contributed by atoms with van der Waals surface area (Å²) >= 11 is 25.1. The highest BCUT2D eigenvalue weighted by Gasteiger charge is 2.46. The van der Waals surface area contributed by atoms with E-state index in [2.05, 4.69) is 14.3 Å². The number of aliphatic imine (C=N–C) groups is 6. The number of hydrogen-bond donors (Lipinski definition) is 3. The van der Waals surface area contributed by atoms with Crippen molar-refractivity contribution in [1.29, 1.82) is 0 Å². The molecule has 36 heteroatoms. The summed E-state index contributed by atoms with van der Waals surface area (Å²) in [4.78, 5) is 103. The SMILES string of the molecule is COC(=O)CC[C@@H]1N=C(c2ccccc2F)c2cc(Cl)ccc2-n2c(C3CC3)cnc21.COC(=O)CC[C@@H]1N=C(c2ccccc2F)c2cc(Cl)ccc2CC1=O.COC(=O)CC[C@@H]1N=C(c2ccccc2F)c2cc(Cl)ccc2N=C1CCC(O)C1CC1.COC(=O)CC[C@@H]1N=C(c2ccccc2F)c2cc(Cl)ccc2N=C1OP(=O)(N1CCOCC1)N1CCOCC1.NCC(O)C1CC1.O=CC1CC1. The van der Waals surface area contributed by atoms with Gasteiger partial charge in [0.25, 0.3) is 0 Å². The first-order valence-corrected chi connectivity index (χ1v) is 50.2. The maximum absolute atomic E-state index is 15.1. The van der Waals surface area contributed by atoms with Crippen molar-refractivity contribution in [1.82, 2.24) is 18.9 Å². The minimum Gasteiger partial charge on any atom is -0.469 e. The maximum atomic E-state index is 15.1. The number of morpholine rings is 2. The number of Topliss-reactive ketones (excluding diaryl/α,β-unsaturated/α-hetero) is 1. The summed E-state index contributed by atoms with van der Waals surface area (Å²) in [7, 11) is 1.63. The summed E-state index contributed by atoms with van der Waals surface area (Å²) in [6.45, 7) is 3.70. The van der Waals surface area contributed by atoms with Crippen LogP contribution in [0.1, 0.15) is 189 Å². The number of esters is 4. The third kappa shape index (κ3) is 28.1. The van der Waals surface area contributed by atoms with Gasteiger partial charge in [0.1, 0.15) is 53.5 Å². The number of aldehydes is 1. The van der Waals surface area contributed by atoms with Gasteiger partial charge in [0, 0.05) is 159 Å². The minimum absolute atomic E-state index is 0.00584. The van der Waals surface area contributed by atoms with Crippen LogP contribution in [-0.4, -0.2) is 217 Å². The summed E-state index contributed by atoms with van der Waals surface area (Å²) in [5, 5.41) is 21.2. The van der Waals surface area contributed by atoms with Gasteiger partial charge in [-0.25, -0.2) is 41.4 Å². The molecule has 4 N–H and O–H groups in total. The average Bonchev–Trinajstić information content (AvgIpc) is 1.59. The zero-order valence-electron chi connectivity index (χ0n) is 78.5. The van der Waals surface area contributed by atoms with Gasteiger partial charge in [-0.3, -0.25) is 53.5 Å². The van der Waals surface area contributed by atoms with E-state index in [1.165, 1.54) is 65.5 Å². The minimum atomic E-state index is -3.68. The van der Waals surface area contributed by atoms with Gasteiger partial charge in [-0.1, -0.05) is 101 Å². The Morgan fingerprint density at radius 2 is 0.887 bits per heavy atom. The Labute approximate surface area is 835 Å². The van der Waals surface area contributed by atoms with E-state index < -0.39 is 61.2 Å². The number of fused-ring (bicyclic) bond motifs is 6. The number of hydrogen-bond acceptors (Lipinski definition) is 24. The number of aliphatic hydroxyl groups is 2. The molecule has 8 aromatic carbocycles. The lowest BCUT2D eigenvalue weighted by Crippen LogP contribution is -2.44. The van der Waals surface area contributed by atoms with Crippen molar-refractivity contribution < 1.29 is 94.1 Å². The zero-order chi connectivity index (χ0) is 100.0. The highest BCUT2D eigenvalue weighted by molar-refractivity contribution is 7.54. The number of nitrogens with zero attached hydrogens (tertiary/aromatic N) is 10. The molecule has 0 spiro atoms. The number of carbonyl (C=O) groups is 6. The summed E-state index contributed by atoms with van der Waals surface area (Å²) in [6, 6.07) is 44.1. The normalized spacial score (nSPS) is 19.0. The van der Waals surface area contributed by atoms with Crippen molar-refractivity contribution in [2.75, 3.05) is 87.6 Å². The highest BCUT2D eigenvalue weighted by Crippen LogP contribution is 2.56. The fraction of sp³-hybridized carbons (Fsp3) is 0.400. The van der Waals surface area contributed by atoms with E-state index in [0.29, 0.717) is 196 Å². The number of carbonyl (C=O) groups excluding carboxylic acids is 6. The second kappa shape index (κ2) is 50.2. The highest BCUT2D eigenvalue weighted by atomic mass is 35.5. The smallest absolute Gasteiger partial charge is 0.397 e. The molecular weight excluding hydrogens is 1920 g/mol. The van der Waals surface area contributed by atoms with Crippen LogP contribution < -0.4 is 5.73 Å². The lowest BCUT2D eigenvalue weighted by Gasteiger charge is -2.41. The number of nitrogens with two attached hydrogens (primary N) is 1. The van der Waals surface area contributed by atoms with Crippen LogP contribution in [0.15, 0.2) is 206 Å². The van der Waals surface area contributed by atoms with Gasteiger partial charge in [0.15, 0.2) is 5.78 Å². The molecule has 4 saturated carbocycles. The monoisotopic (exact) mass is 2030 g/mol. The molecule has 6 atom stereocenters. The lowest BCUT2D eigenvalue weighted by atomic mass is 9.95. The van der Waals surface area contributed by atoms with Crippen molar-refractivity contribution in [3.63, 3.8) is 0 Å². The third-order valence-corrected chi connectivity index (χ3v) is 28.9. The molecule has 0 radical (unpaired) electrons. The standard InChI is InChI=1S/C27H31ClFN4O6P.C25H26ClFN2O3.C24H21ClFN3O2.C20H17ClFNO3.C5H11NO.C4H6O/c1-36-25(34)9-8-24-27(39-40(35,32-10-14-37-15-11-32)33-12-16-38-17-13-33)31-23-7-6-19(28)18-21(23)26(30-24)20-4-2-3-5-22(20)29;1-32-24(31)13-11-22-21(10-12-23(30)15-6-7-15)28-20-9-8-16(26)14-18(20)25(29-22)17-4-2-3-5-19(17)27;1-31-22(30)11-9-19-24-27-13-21(14-6-7-14)29(24)20-10-8-15(25)12-17(20)23(28-19)16-4-2-3-5-18(16)26;1-26-19(25)9-8-17-18(24)10-12-6-7-13(21)11-15(12)20(23-17)14-4-2-3-5-16(14)22;6-3-5(7)4-1-2-4;5-3-4-1-2-4/h2-7,18,24H,8-17H2,1H3;2-5,8-9,14-15,22-23,30H,6-7,10-13H2,1H3;2-5,8,10,12-14,19H,6-7,9,11H2,1H3;2-7,11,17H,8-10H2,1H3;4-5,7H,1-3,6H2;3-4H,1-2H2/t24-;22-,23?;19-;17-;;/m0000../s1. The molecule has 1 aromatic heterocycles. The molecule has 141 heavy (non-hydrogen) atoms. The molecule has 744 valence electrons. The molecule has 10 aliphatic rings.